The minimum absolute atomic E-state index is 0.166. The van der Waals surface area contributed by atoms with E-state index in [0.717, 1.165) is 23.5 Å². The van der Waals surface area contributed by atoms with Crippen molar-refractivity contribution in [2.45, 2.75) is 19.9 Å². The molecule has 3 aromatic rings. The molecule has 1 aromatic carbocycles. The number of nitrogens with one attached hydrogen (secondary N) is 2. The quantitative estimate of drug-likeness (QED) is 0.665. The number of amides is 2. The lowest BCUT2D eigenvalue weighted by Gasteiger charge is -2.14. The fourth-order valence-corrected chi connectivity index (χ4v) is 3.45. The molecule has 140 valence electrons. The van der Waals surface area contributed by atoms with Crippen LogP contribution in [0.25, 0.3) is 0 Å². The number of anilines is 1. The minimum atomic E-state index is -0.969. The summed E-state index contributed by atoms with van der Waals surface area (Å²) in [6.07, 6.45) is 1.40. The van der Waals surface area contributed by atoms with Crippen LogP contribution in [0.15, 0.2) is 47.1 Å². The van der Waals surface area contributed by atoms with Crippen molar-refractivity contribution in [3.8, 4) is 0 Å². The van der Waals surface area contributed by atoms with Gasteiger partial charge in [-0.05, 0) is 55.3 Å². The van der Waals surface area contributed by atoms with Crippen LogP contribution in [-0.2, 0) is 0 Å². The normalized spacial score (nSPS) is 11.9. The summed E-state index contributed by atoms with van der Waals surface area (Å²) in [5.74, 6) is -2.53. The van der Waals surface area contributed by atoms with Gasteiger partial charge in [-0.2, -0.15) is 0 Å². The van der Waals surface area contributed by atoms with Crippen molar-refractivity contribution >= 4 is 28.2 Å². The van der Waals surface area contributed by atoms with Gasteiger partial charge in [0.15, 0.2) is 17.4 Å². The summed E-state index contributed by atoms with van der Waals surface area (Å²) in [6.45, 7) is 3.42. The van der Waals surface area contributed by atoms with Crippen LogP contribution < -0.4 is 10.6 Å². The van der Waals surface area contributed by atoms with E-state index in [1.165, 1.54) is 18.4 Å². The fourth-order valence-electron chi connectivity index (χ4n) is 2.48. The summed E-state index contributed by atoms with van der Waals surface area (Å²) < 4.78 is 31.4. The predicted molar refractivity (Wildman–Crippen MR) is 98.0 cm³/mol. The molecule has 2 amide bonds. The number of benzene rings is 1. The van der Waals surface area contributed by atoms with Gasteiger partial charge in [-0.1, -0.05) is 6.07 Å². The molecular formula is C19H16F2N2O3S. The summed E-state index contributed by atoms with van der Waals surface area (Å²) in [4.78, 5) is 25.0. The molecule has 8 heteroatoms. The van der Waals surface area contributed by atoms with E-state index in [2.05, 4.69) is 10.6 Å². The summed E-state index contributed by atoms with van der Waals surface area (Å²) in [6, 6.07) is 7.79. The standard InChI is InChI=1S/C19H16F2N2O3S/c1-10-8-16(23-18(24)15-4-3-7-26-15)27-17(10)19(25)22-11(2)12-5-6-13(20)14(21)9-12/h3-9,11H,1-2H3,(H,22,25)(H,23,24)/t11-/m0/s1. The number of carbonyl (C=O) groups excluding carboxylic acids is 2. The van der Waals surface area contributed by atoms with E-state index in [-0.39, 0.29) is 11.7 Å². The Labute approximate surface area is 158 Å². The molecule has 0 fully saturated rings. The molecule has 5 nitrogen and oxygen atoms in total. The minimum Gasteiger partial charge on any atom is -0.459 e. The zero-order valence-electron chi connectivity index (χ0n) is 14.5. The Morgan fingerprint density at radius 1 is 1.11 bits per heavy atom. The first-order chi connectivity index (χ1) is 12.8. The zero-order valence-corrected chi connectivity index (χ0v) is 15.3. The highest BCUT2D eigenvalue weighted by Crippen LogP contribution is 2.28. The van der Waals surface area contributed by atoms with E-state index in [9.17, 15) is 18.4 Å². The highest BCUT2D eigenvalue weighted by molar-refractivity contribution is 7.18. The molecule has 0 radical (unpaired) electrons. The number of thiophene rings is 1. The average Bonchev–Trinajstić information content (AvgIpc) is 3.27. The van der Waals surface area contributed by atoms with Crippen LogP contribution in [0.3, 0.4) is 0 Å². The van der Waals surface area contributed by atoms with Crippen molar-refractivity contribution in [1.29, 1.82) is 0 Å². The number of furan rings is 1. The summed E-state index contributed by atoms with van der Waals surface area (Å²) >= 11 is 1.12. The topological polar surface area (TPSA) is 71.3 Å². The number of halogens is 2. The third-order valence-corrected chi connectivity index (χ3v) is 5.05. The smallest absolute Gasteiger partial charge is 0.291 e. The summed E-state index contributed by atoms with van der Waals surface area (Å²) in [7, 11) is 0. The van der Waals surface area contributed by atoms with Crippen LogP contribution in [0.1, 0.15) is 44.3 Å². The molecule has 0 aliphatic heterocycles. The Balaban J connectivity index is 1.70. The molecule has 0 bridgehead atoms. The van der Waals surface area contributed by atoms with Gasteiger partial charge in [-0.3, -0.25) is 9.59 Å². The van der Waals surface area contributed by atoms with Gasteiger partial charge in [0.05, 0.1) is 22.2 Å². The zero-order chi connectivity index (χ0) is 19.6. The fraction of sp³-hybridized carbons (Fsp3) is 0.158. The van der Waals surface area contributed by atoms with E-state index in [1.807, 2.05) is 0 Å². The van der Waals surface area contributed by atoms with Crippen LogP contribution in [0.2, 0.25) is 0 Å². The van der Waals surface area contributed by atoms with Crippen molar-refractivity contribution in [2.75, 3.05) is 5.32 Å². The van der Waals surface area contributed by atoms with Crippen molar-refractivity contribution in [2.24, 2.45) is 0 Å². The number of hydrogen-bond donors (Lipinski definition) is 2. The third-order valence-electron chi connectivity index (χ3n) is 3.90. The highest BCUT2D eigenvalue weighted by atomic mass is 32.1. The van der Waals surface area contributed by atoms with Crippen LogP contribution in [0.5, 0.6) is 0 Å². The Bertz CT molecular complexity index is 983. The molecule has 2 N–H and O–H groups in total. The third kappa shape index (κ3) is 4.22. The van der Waals surface area contributed by atoms with Gasteiger partial charge in [0.1, 0.15) is 0 Å². The molecule has 2 aromatic heterocycles. The second kappa shape index (κ2) is 7.71. The van der Waals surface area contributed by atoms with Crippen LogP contribution in [0.4, 0.5) is 13.8 Å². The molecule has 0 saturated carbocycles. The Morgan fingerprint density at radius 2 is 1.89 bits per heavy atom. The summed E-state index contributed by atoms with van der Waals surface area (Å²) in [5, 5.41) is 5.92. The van der Waals surface area contributed by atoms with Crippen LogP contribution in [-0.4, -0.2) is 11.8 Å². The first-order valence-corrected chi connectivity index (χ1v) is 8.88. The lowest BCUT2D eigenvalue weighted by molar-refractivity contribution is 0.0942. The molecule has 0 aliphatic rings. The molecule has 3 rings (SSSR count). The molecular weight excluding hydrogens is 374 g/mol. The lowest BCUT2D eigenvalue weighted by Crippen LogP contribution is -2.26. The number of carbonyl (C=O) groups is 2. The Hall–Kier alpha value is -3.00. The number of rotatable bonds is 5. The van der Waals surface area contributed by atoms with Gasteiger partial charge in [0, 0.05) is 0 Å². The van der Waals surface area contributed by atoms with Gasteiger partial charge >= 0.3 is 0 Å². The molecule has 0 saturated heterocycles. The molecule has 27 heavy (non-hydrogen) atoms. The first-order valence-electron chi connectivity index (χ1n) is 8.06. The summed E-state index contributed by atoms with van der Waals surface area (Å²) in [5.41, 5.74) is 1.13. The van der Waals surface area contributed by atoms with E-state index < -0.39 is 23.6 Å². The molecule has 2 heterocycles. The predicted octanol–water partition coefficient (Wildman–Crippen LogP) is 4.67. The maximum absolute atomic E-state index is 13.4. The van der Waals surface area contributed by atoms with Crippen molar-refractivity contribution in [3.05, 3.63) is 76.1 Å². The van der Waals surface area contributed by atoms with Gasteiger partial charge in [0.25, 0.3) is 11.8 Å². The van der Waals surface area contributed by atoms with Crippen LogP contribution in [0, 0.1) is 18.6 Å². The second-order valence-corrected chi connectivity index (χ2v) is 6.98. The van der Waals surface area contributed by atoms with E-state index in [0.29, 0.717) is 21.0 Å². The Morgan fingerprint density at radius 3 is 2.56 bits per heavy atom. The highest BCUT2D eigenvalue weighted by Gasteiger charge is 2.19. The molecule has 1 atom stereocenters. The van der Waals surface area contributed by atoms with Gasteiger partial charge in [-0.15, -0.1) is 11.3 Å². The van der Waals surface area contributed by atoms with Crippen molar-refractivity contribution in [3.63, 3.8) is 0 Å². The SMILES string of the molecule is Cc1cc(NC(=O)c2ccco2)sc1C(=O)N[C@@H](C)c1ccc(F)c(F)c1. The van der Waals surface area contributed by atoms with E-state index in [4.69, 9.17) is 4.42 Å². The Kier molecular flexibility index (Phi) is 5.36. The van der Waals surface area contributed by atoms with Gasteiger partial charge in [-0.25, -0.2) is 8.78 Å². The monoisotopic (exact) mass is 390 g/mol. The maximum atomic E-state index is 13.4. The van der Waals surface area contributed by atoms with E-state index >= 15 is 0 Å². The molecule has 0 unspecified atom stereocenters. The largest absolute Gasteiger partial charge is 0.459 e. The molecule has 0 spiro atoms. The van der Waals surface area contributed by atoms with Crippen LogP contribution >= 0.6 is 11.3 Å². The number of hydrogen-bond acceptors (Lipinski definition) is 4. The van der Waals surface area contributed by atoms with E-state index in [1.54, 1.807) is 26.0 Å². The molecule has 0 aliphatic carbocycles. The van der Waals surface area contributed by atoms with Crippen molar-refractivity contribution < 1.29 is 22.8 Å². The van der Waals surface area contributed by atoms with Gasteiger partial charge in [0.2, 0.25) is 0 Å². The van der Waals surface area contributed by atoms with Crippen molar-refractivity contribution in [1.82, 2.24) is 5.32 Å². The lowest BCUT2D eigenvalue weighted by atomic mass is 10.1. The first kappa shape index (κ1) is 18.8. The number of aryl methyl sites for hydroxylation is 1. The average molecular weight is 390 g/mol. The maximum Gasteiger partial charge on any atom is 0.291 e. The second-order valence-electron chi connectivity index (χ2n) is 5.92. The van der Waals surface area contributed by atoms with Gasteiger partial charge < -0.3 is 15.1 Å².